The predicted octanol–water partition coefficient (Wildman–Crippen LogP) is 5.94. The van der Waals surface area contributed by atoms with Gasteiger partial charge in [-0.25, -0.2) is 0 Å². The number of nitro benzene ring substituents is 1. The molecule has 2 N–H and O–H groups in total. The van der Waals surface area contributed by atoms with Crippen molar-refractivity contribution in [1.82, 2.24) is 4.57 Å². The van der Waals surface area contributed by atoms with Crippen LogP contribution in [0.1, 0.15) is 0 Å². The fraction of sp³-hybridized carbons (Fsp3) is 0. The third kappa shape index (κ3) is 2.72. The molecule has 0 aliphatic heterocycles. The Bertz CT molecular complexity index is 1390. The number of benzene rings is 4. The third-order valence-corrected chi connectivity index (χ3v) is 5.22. The fourth-order valence-corrected chi connectivity index (χ4v) is 3.94. The zero-order valence-electron chi connectivity index (χ0n) is 15.4. The van der Waals surface area contributed by atoms with Crippen molar-refractivity contribution in [3.8, 4) is 16.8 Å². The quantitative estimate of drug-likeness (QED) is 0.239. The summed E-state index contributed by atoms with van der Waals surface area (Å²) in [4.78, 5) is 11.2. The smallest absolute Gasteiger partial charge is 0.279 e. The fourth-order valence-electron chi connectivity index (χ4n) is 3.94. The van der Waals surface area contributed by atoms with Crippen molar-refractivity contribution in [2.24, 2.45) is 0 Å². The molecule has 140 valence electrons. The highest BCUT2D eigenvalue weighted by molar-refractivity contribution is 6.10. The summed E-state index contributed by atoms with van der Waals surface area (Å²) in [5.41, 5.74) is 10.7. The molecule has 5 aromatic rings. The molecule has 0 unspecified atom stereocenters. The van der Waals surface area contributed by atoms with Crippen molar-refractivity contribution < 1.29 is 4.92 Å². The third-order valence-electron chi connectivity index (χ3n) is 5.22. The second-order valence-corrected chi connectivity index (χ2v) is 6.95. The second-order valence-electron chi connectivity index (χ2n) is 6.95. The Hall–Kier alpha value is -4.12. The van der Waals surface area contributed by atoms with Gasteiger partial charge in [0.1, 0.15) is 0 Å². The van der Waals surface area contributed by atoms with Gasteiger partial charge in [0, 0.05) is 28.2 Å². The van der Waals surface area contributed by atoms with Gasteiger partial charge in [0.25, 0.3) is 5.69 Å². The number of para-hydroxylation sites is 2. The van der Waals surface area contributed by atoms with E-state index in [1.165, 1.54) is 6.07 Å². The van der Waals surface area contributed by atoms with Crippen LogP contribution in [0.2, 0.25) is 0 Å². The van der Waals surface area contributed by atoms with Gasteiger partial charge in [0.05, 0.1) is 21.5 Å². The summed E-state index contributed by atoms with van der Waals surface area (Å²) in [5, 5.41) is 13.7. The Kier molecular flexibility index (Phi) is 3.81. The first kappa shape index (κ1) is 17.0. The molecule has 0 bridgehead atoms. The number of aromatic nitrogens is 1. The number of nitro groups is 1. The number of nitrogens with two attached hydrogens (primary N) is 1. The molecule has 0 saturated heterocycles. The van der Waals surface area contributed by atoms with Crippen LogP contribution in [-0.2, 0) is 0 Å². The number of hydrogen-bond acceptors (Lipinski definition) is 3. The van der Waals surface area contributed by atoms with Crippen LogP contribution in [0, 0.1) is 10.1 Å². The van der Waals surface area contributed by atoms with Crippen molar-refractivity contribution in [2.45, 2.75) is 0 Å². The summed E-state index contributed by atoms with van der Waals surface area (Å²) in [6.07, 6.45) is 0. The highest BCUT2D eigenvalue weighted by Gasteiger charge is 2.18. The van der Waals surface area contributed by atoms with Crippen LogP contribution in [0.5, 0.6) is 0 Å². The molecule has 1 aromatic heterocycles. The van der Waals surface area contributed by atoms with Crippen molar-refractivity contribution >= 4 is 33.2 Å². The molecule has 0 aliphatic rings. The number of fused-ring (bicyclic) bond motifs is 3. The molecule has 4 aromatic carbocycles. The molecular formula is C24H17N3O2. The Morgan fingerprint density at radius 1 is 0.759 bits per heavy atom. The molecule has 1 heterocycles. The molecule has 0 fully saturated rings. The zero-order valence-corrected chi connectivity index (χ0v) is 15.4. The lowest BCUT2D eigenvalue weighted by atomic mass is 10.0. The largest absolute Gasteiger partial charge is 0.399 e. The van der Waals surface area contributed by atoms with E-state index in [4.69, 9.17) is 5.73 Å². The van der Waals surface area contributed by atoms with Gasteiger partial charge in [-0.2, -0.15) is 0 Å². The number of anilines is 1. The Labute approximate surface area is 166 Å². The minimum absolute atomic E-state index is 0.0103. The Morgan fingerprint density at radius 3 is 2.28 bits per heavy atom. The van der Waals surface area contributed by atoms with Crippen LogP contribution in [0.4, 0.5) is 11.4 Å². The van der Waals surface area contributed by atoms with Crippen LogP contribution in [-0.4, -0.2) is 9.49 Å². The molecule has 0 atom stereocenters. The van der Waals surface area contributed by atoms with E-state index in [0.29, 0.717) is 11.3 Å². The lowest BCUT2D eigenvalue weighted by Crippen LogP contribution is -1.95. The number of nitrogen functional groups attached to an aromatic ring is 1. The summed E-state index contributed by atoms with van der Waals surface area (Å²) in [6.45, 7) is 0. The van der Waals surface area contributed by atoms with E-state index in [-0.39, 0.29) is 10.6 Å². The topological polar surface area (TPSA) is 74.1 Å². The molecule has 0 saturated carbocycles. The molecule has 5 heteroatoms. The zero-order chi connectivity index (χ0) is 20.0. The van der Waals surface area contributed by atoms with E-state index in [9.17, 15) is 10.1 Å². The van der Waals surface area contributed by atoms with Gasteiger partial charge in [0.15, 0.2) is 0 Å². The first-order chi connectivity index (χ1) is 14.1. The van der Waals surface area contributed by atoms with Crippen molar-refractivity contribution in [1.29, 1.82) is 0 Å². The molecule has 5 rings (SSSR count). The van der Waals surface area contributed by atoms with E-state index in [0.717, 1.165) is 33.1 Å². The van der Waals surface area contributed by atoms with Crippen LogP contribution < -0.4 is 5.73 Å². The first-order valence-electron chi connectivity index (χ1n) is 9.26. The molecule has 0 spiro atoms. The minimum Gasteiger partial charge on any atom is -0.399 e. The molecule has 0 aliphatic carbocycles. The van der Waals surface area contributed by atoms with Crippen molar-refractivity contribution in [2.75, 3.05) is 5.73 Å². The van der Waals surface area contributed by atoms with Gasteiger partial charge < -0.3 is 10.3 Å². The van der Waals surface area contributed by atoms with Crippen LogP contribution in [0.3, 0.4) is 0 Å². The highest BCUT2D eigenvalue weighted by atomic mass is 16.6. The van der Waals surface area contributed by atoms with E-state index < -0.39 is 0 Å². The summed E-state index contributed by atoms with van der Waals surface area (Å²) in [7, 11) is 0. The van der Waals surface area contributed by atoms with E-state index >= 15 is 0 Å². The van der Waals surface area contributed by atoms with Crippen molar-refractivity contribution in [3.05, 3.63) is 101 Å². The molecular weight excluding hydrogens is 362 g/mol. The number of rotatable bonds is 3. The first-order valence-corrected chi connectivity index (χ1v) is 9.26. The van der Waals surface area contributed by atoms with Gasteiger partial charge >= 0.3 is 0 Å². The Balaban J connectivity index is 1.82. The SMILES string of the molecule is Nc1ccc(-c2ccc3c(c2)c2ccccc2n3-c2ccccc2)c([N+](=O)[O-])c1. The normalized spacial score (nSPS) is 11.2. The molecule has 0 radical (unpaired) electrons. The van der Waals surface area contributed by atoms with Gasteiger partial charge in [-0.3, -0.25) is 10.1 Å². The standard InChI is InChI=1S/C24H17N3O2/c25-17-11-12-19(24(15-17)27(28)29)16-10-13-23-21(14-16)20-8-4-5-9-22(20)26(23)18-6-2-1-3-7-18/h1-15H,25H2. The maximum Gasteiger partial charge on any atom is 0.279 e. The average molecular weight is 379 g/mol. The second kappa shape index (κ2) is 6.49. The van der Waals surface area contributed by atoms with Gasteiger partial charge in [-0.1, -0.05) is 42.5 Å². The lowest BCUT2D eigenvalue weighted by molar-refractivity contribution is -0.384. The van der Waals surface area contributed by atoms with E-state index in [1.807, 2.05) is 48.5 Å². The molecule has 5 nitrogen and oxygen atoms in total. The Morgan fingerprint density at radius 2 is 1.48 bits per heavy atom. The van der Waals surface area contributed by atoms with E-state index in [2.05, 4.69) is 28.8 Å². The lowest BCUT2D eigenvalue weighted by Gasteiger charge is -2.08. The number of nitrogens with zero attached hydrogens (tertiary/aromatic N) is 2. The van der Waals surface area contributed by atoms with Crippen LogP contribution in [0.15, 0.2) is 91.0 Å². The minimum atomic E-state index is -0.386. The van der Waals surface area contributed by atoms with Gasteiger partial charge in [-0.05, 0) is 48.0 Å². The van der Waals surface area contributed by atoms with Gasteiger partial charge in [-0.15, -0.1) is 0 Å². The van der Waals surface area contributed by atoms with Gasteiger partial charge in [0.2, 0.25) is 0 Å². The van der Waals surface area contributed by atoms with Crippen molar-refractivity contribution in [3.63, 3.8) is 0 Å². The summed E-state index contributed by atoms with van der Waals surface area (Å²) >= 11 is 0. The molecule has 29 heavy (non-hydrogen) atoms. The monoisotopic (exact) mass is 379 g/mol. The summed E-state index contributed by atoms with van der Waals surface area (Å²) in [5.74, 6) is 0. The average Bonchev–Trinajstić information content (AvgIpc) is 3.08. The maximum absolute atomic E-state index is 11.6. The van der Waals surface area contributed by atoms with Crippen LogP contribution in [0.25, 0.3) is 38.6 Å². The maximum atomic E-state index is 11.6. The van der Waals surface area contributed by atoms with Crippen LogP contribution >= 0.6 is 0 Å². The summed E-state index contributed by atoms with van der Waals surface area (Å²) in [6, 6.07) is 29.2. The number of hydrogen-bond donors (Lipinski definition) is 1. The van der Waals surface area contributed by atoms with E-state index in [1.54, 1.807) is 12.1 Å². The predicted molar refractivity (Wildman–Crippen MR) is 117 cm³/mol. The summed E-state index contributed by atoms with van der Waals surface area (Å²) < 4.78 is 2.21. The molecule has 0 amide bonds. The highest BCUT2D eigenvalue weighted by Crippen LogP contribution is 2.37.